The predicted molar refractivity (Wildman–Crippen MR) is 103 cm³/mol. The molecule has 1 unspecified atom stereocenters. The van der Waals surface area contributed by atoms with Gasteiger partial charge in [-0.25, -0.2) is 4.68 Å². The number of rotatable bonds is 3. The Morgan fingerprint density at radius 2 is 1.92 bits per heavy atom. The summed E-state index contributed by atoms with van der Waals surface area (Å²) in [5.41, 5.74) is 2.23. The van der Waals surface area contributed by atoms with Crippen LogP contribution in [0.5, 0.6) is 0 Å². The maximum Gasteiger partial charge on any atom is 0.255 e. The number of amides is 2. The van der Waals surface area contributed by atoms with Crippen LogP contribution in [0.2, 0.25) is 0 Å². The smallest absolute Gasteiger partial charge is 0.255 e. The topological polar surface area (TPSA) is 67.2 Å². The van der Waals surface area contributed by atoms with Crippen LogP contribution in [0.25, 0.3) is 5.69 Å². The van der Waals surface area contributed by atoms with E-state index in [0.717, 1.165) is 11.3 Å². The number of carbonyl (C=O) groups excluding carboxylic acids is 2. The quantitative estimate of drug-likeness (QED) is 0.899. The lowest BCUT2D eigenvalue weighted by atomic mass is 10.1. The van der Waals surface area contributed by atoms with Crippen LogP contribution < -0.4 is 5.32 Å². The van der Waals surface area contributed by atoms with Crippen LogP contribution in [0.15, 0.2) is 36.7 Å². The van der Waals surface area contributed by atoms with Gasteiger partial charge in [0.05, 0.1) is 17.8 Å². The first kappa shape index (κ1) is 18.5. The summed E-state index contributed by atoms with van der Waals surface area (Å²) in [5, 5.41) is 7.24. The lowest BCUT2D eigenvalue weighted by Crippen LogP contribution is -2.52. The average Bonchev–Trinajstić information content (AvgIpc) is 3.22. The number of thioether (sulfide) groups is 1. The first-order valence-electron chi connectivity index (χ1n) is 8.57. The van der Waals surface area contributed by atoms with Crippen LogP contribution in [0.3, 0.4) is 0 Å². The molecule has 2 aromatic rings. The third-order valence-corrected chi connectivity index (χ3v) is 5.05. The molecule has 2 amide bonds. The van der Waals surface area contributed by atoms with Crippen molar-refractivity contribution in [2.24, 2.45) is 0 Å². The molecule has 0 spiro atoms. The van der Waals surface area contributed by atoms with Gasteiger partial charge in [0.25, 0.3) is 5.91 Å². The number of aryl methyl sites for hydroxylation is 1. The zero-order chi connectivity index (χ0) is 18.9. The monoisotopic (exact) mass is 372 g/mol. The number of carbonyl (C=O) groups is 2. The molecule has 2 heterocycles. The van der Waals surface area contributed by atoms with Gasteiger partial charge in [0, 0.05) is 23.1 Å². The van der Waals surface area contributed by atoms with Crippen molar-refractivity contribution in [2.45, 2.75) is 39.3 Å². The number of aromatic nitrogens is 2. The Labute approximate surface area is 157 Å². The molecule has 0 bridgehead atoms. The van der Waals surface area contributed by atoms with Gasteiger partial charge in [0.15, 0.2) is 0 Å². The van der Waals surface area contributed by atoms with E-state index in [1.54, 1.807) is 39.7 Å². The number of hydrogen-bond donors (Lipinski definition) is 1. The van der Waals surface area contributed by atoms with Gasteiger partial charge in [-0.05, 0) is 57.5 Å². The molecule has 0 aliphatic carbocycles. The van der Waals surface area contributed by atoms with Crippen molar-refractivity contribution in [2.75, 3.05) is 11.6 Å². The second-order valence-electron chi connectivity index (χ2n) is 7.54. The summed E-state index contributed by atoms with van der Waals surface area (Å²) in [4.78, 5) is 27.1. The summed E-state index contributed by atoms with van der Waals surface area (Å²) in [6.07, 6.45) is 3.72. The molecular formula is C19H24N4O2S. The van der Waals surface area contributed by atoms with E-state index in [-0.39, 0.29) is 17.4 Å². The van der Waals surface area contributed by atoms with Crippen LogP contribution in [-0.2, 0) is 4.79 Å². The van der Waals surface area contributed by atoms with E-state index < -0.39 is 6.04 Å². The Morgan fingerprint density at radius 1 is 1.23 bits per heavy atom. The summed E-state index contributed by atoms with van der Waals surface area (Å²) in [5.74, 6) is 0.936. The molecule has 0 saturated carbocycles. The highest BCUT2D eigenvalue weighted by Gasteiger charge is 2.36. The molecule has 1 aliphatic rings. The van der Waals surface area contributed by atoms with Gasteiger partial charge in [0.1, 0.15) is 6.04 Å². The summed E-state index contributed by atoms with van der Waals surface area (Å²) in [6.45, 7) is 7.80. The van der Waals surface area contributed by atoms with Crippen molar-refractivity contribution < 1.29 is 9.59 Å². The molecule has 0 radical (unpaired) electrons. The minimum atomic E-state index is -0.430. The molecule has 1 aromatic carbocycles. The highest BCUT2D eigenvalue weighted by atomic mass is 32.2. The van der Waals surface area contributed by atoms with Gasteiger partial charge >= 0.3 is 0 Å². The predicted octanol–water partition coefficient (Wildman–Crippen LogP) is 2.61. The maximum atomic E-state index is 12.9. The molecule has 138 valence electrons. The third-order valence-electron chi connectivity index (χ3n) is 4.03. The highest BCUT2D eigenvalue weighted by molar-refractivity contribution is 7.99. The minimum Gasteiger partial charge on any atom is -0.350 e. The van der Waals surface area contributed by atoms with Crippen molar-refractivity contribution in [1.29, 1.82) is 0 Å². The molecule has 7 heteroatoms. The van der Waals surface area contributed by atoms with Crippen LogP contribution in [0.1, 0.15) is 36.7 Å². The van der Waals surface area contributed by atoms with Crippen LogP contribution in [0, 0.1) is 6.92 Å². The lowest BCUT2D eigenvalue weighted by molar-refractivity contribution is -0.125. The van der Waals surface area contributed by atoms with E-state index in [0.29, 0.717) is 17.2 Å². The Morgan fingerprint density at radius 3 is 2.50 bits per heavy atom. The standard InChI is InChI=1S/C19H24N4O2S/c1-13-9-20-23(10-13)15-7-5-14(6-8-15)18(25)22-12-26-11-16(22)17(24)21-19(2,3)4/h5-10,16H,11-12H2,1-4H3,(H,21,24). The van der Waals surface area contributed by atoms with Gasteiger partial charge in [-0.15, -0.1) is 11.8 Å². The third kappa shape index (κ3) is 4.09. The van der Waals surface area contributed by atoms with E-state index >= 15 is 0 Å². The largest absolute Gasteiger partial charge is 0.350 e. The molecule has 3 rings (SSSR count). The fraction of sp³-hybridized carbons (Fsp3) is 0.421. The number of hydrogen-bond acceptors (Lipinski definition) is 4. The van der Waals surface area contributed by atoms with Crippen molar-refractivity contribution in [1.82, 2.24) is 20.0 Å². The minimum absolute atomic E-state index is 0.0977. The number of nitrogens with zero attached hydrogens (tertiary/aromatic N) is 3. The molecule has 1 N–H and O–H groups in total. The van der Waals surface area contributed by atoms with Crippen molar-refractivity contribution in [3.05, 3.63) is 47.8 Å². The van der Waals surface area contributed by atoms with Crippen LogP contribution >= 0.6 is 11.8 Å². The fourth-order valence-corrected chi connectivity index (χ4v) is 3.94. The van der Waals surface area contributed by atoms with Crippen LogP contribution in [-0.4, -0.2) is 49.7 Å². The summed E-state index contributed by atoms with van der Waals surface area (Å²) >= 11 is 1.60. The SMILES string of the molecule is Cc1cnn(-c2ccc(C(=O)N3CSCC3C(=O)NC(C)(C)C)cc2)c1. The Kier molecular flexibility index (Phi) is 5.09. The summed E-state index contributed by atoms with van der Waals surface area (Å²) < 4.78 is 1.77. The van der Waals surface area contributed by atoms with Gasteiger partial charge in [-0.3, -0.25) is 9.59 Å². The maximum absolute atomic E-state index is 12.9. The molecular weight excluding hydrogens is 348 g/mol. The van der Waals surface area contributed by atoms with Gasteiger partial charge in [-0.1, -0.05) is 0 Å². The second-order valence-corrected chi connectivity index (χ2v) is 8.54. The Hall–Kier alpha value is -2.28. The van der Waals surface area contributed by atoms with E-state index in [9.17, 15) is 9.59 Å². The molecule has 1 atom stereocenters. The highest BCUT2D eigenvalue weighted by Crippen LogP contribution is 2.24. The van der Waals surface area contributed by atoms with E-state index in [1.807, 2.05) is 46.0 Å². The molecule has 1 aromatic heterocycles. The van der Waals surface area contributed by atoms with E-state index in [1.165, 1.54) is 0 Å². The molecule has 1 aliphatic heterocycles. The summed E-state index contributed by atoms with van der Waals surface area (Å²) in [7, 11) is 0. The average molecular weight is 372 g/mol. The van der Waals surface area contributed by atoms with Crippen LogP contribution in [0.4, 0.5) is 0 Å². The number of benzene rings is 1. The van der Waals surface area contributed by atoms with Gasteiger partial charge < -0.3 is 10.2 Å². The molecule has 1 saturated heterocycles. The molecule has 6 nitrogen and oxygen atoms in total. The van der Waals surface area contributed by atoms with E-state index in [2.05, 4.69) is 10.4 Å². The Bertz CT molecular complexity index is 808. The lowest BCUT2D eigenvalue weighted by Gasteiger charge is -2.27. The van der Waals surface area contributed by atoms with Gasteiger partial charge in [-0.2, -0.15) is 5.10 Å². The summed E-state index contributed by atoms with van der Waals surface area (Å²) in [6, 6.07) is 6.88. The normalized spacial score (nSPS) is 17.4. The fourth-order valence-electron chi connectivity index (χ4n) is 2.79. The van der Waals surface area contributed by atoms with Gasteiger partial charge in [0.2, 0.25) is 5.91 Å². The number of nitrogens with one attached hydrogen (secondary N) is 1. The first-order valence-corrected chi connectivity index (χ1v) is 9.72. The Balaban J connectivity index is 1.74. The molecule has 26 heavy (non-hydrogen) atoms. The second kappa shape index (κ2) is 7.15. The zero-order valence-electron chi connectivity index (χ0n) is 15.5. The first-order chi connectivity index (χ1) is 12.2. The van der Waals surface area contributed by atoms with Crippen molar-refractivity contribution in [3.63, 3.8) is 0 Å². The van der Waals surface area contributed by atoms with Crippen molar-refractivity contribution >= 4 is 23.6 Å². The molecule has 1 fully saturated rings. The zero-order valence-corrected chi connectivity index (χ0v) is 16.3. The van der Waals surface area contributed by atoms with Crippen molar-refractivity contribution in [3.8, 4) is 5.69 Å². The van der Waals surface area contributed by atoms with E-state index in [4.69, 9.17) is 0 Å².